The van der Waals surface area contributed by atoms with E-state index in [9.17, 15) is 5.11 Å². The van der Waals surface area contributed by atoms with Gasteiger partial charge in [0, 0.05) is 10.9 Å². The van der Waals surface area contributed by atoms with Crippen LogP contribution >= 0.6 is 0 Å². The molecule has 4 aromatic rings. The van der Waals surface area contributed by atoms with Gasteiger partial charge in [-0.3, -0.25) is 0 Å². The summed E-state index contributed by atoms with van der Waals surface area (Å²) >= 11 is 0. The van der Waals surface area contributed by atoms with Crippen LogP contribution in [0.25, 0.3) is 33.3 Å². The molecule has 0 saturated heterocycles. The van der Waals surface area contributed by atoms with Crippen LogP contribution in [0.1, 0.15) is 5.56 Å². The Morgan fingerprint density at radius 2 is 1.38 bits per heavy atom. The Morgan fingerprint density at radius 1 is 0.708 bits per heavy atom. The lowest BCUT2D eigenvalue weighted by Gasteiger charge is -2.15. The second-order valence-corrected chi connectivity index (χ2v) is 5.89. The van der Waals surface area contributed by atoms with E-state index in [1.54, 1.807) is 12.1 Å². The molecule has 0 amide bonds. The van der Waals surface area contributed by atoms with E-state index >= 15 is 0 Å². The molecular formula is C22H17NO. The van der Waals surface area contributed by atoms with Crippen LogP contribution in [0.3, 0.4) is 0 Å². The van der Waals surface area contributed by atoms with Crippen molar-refractivity contribution in [2.75, 3.05) is 0 Å². The third kappa shape index (κ3) is 2.42. The number of para-hydroxylation sites is 1. The van der Waals surface area contributed by atoms with Crippen LogP contribution in [-0.2, 0) is 0 Å². The molecule has 0 saturated carbocycles. The maximum absolute atomic E-state index is 9.56. The van der Waals surface area contributed by atoms with Crippen molar-refractivity contribution in [3.05, 3.63) is 84.4 Å². The van der Waals surface area contributed by atoms with Gasteiger partial charge in [-0.05, 0) is 53.9 Å². The van der Waals surface area contributed by atoms with Crippen molar-refractivity contribution in [1.29, 1.82) is 0 Å². The summed E-state index contributed by atoms with van der Waals surface area (Å²) in [5.41, 5.74) is 6.48. The summed E-state index contributed by atoms with van der Waals surface area (Å²) in [6.45, 7) is 2.12. The topological polar surface area (TPSA) is 33.1 Å². The molecule has 1 heterocycles. The number of phenols is 1. The molecule has 0 atom stereocenters. The molecule has 0 fully saturated rings. The molecule has 0 bridgehead atoms. The summed E-state index contributed by atoms with van der Waals surface area (Å²) in [5.74, 6) is 0.264. The largest absolute Gasteiger partial charge is 0.508 e. The van der Waals surface area contributed by atoms with Crippen LogP contribution in [-0.4, -0.2) is 10.1 Å². The van der Waals surface area contributed by atoms with Gasteiger partial charge >= 0.3 is 0 Å². The lowest BCUT2D eigenvalue weighted by atomic mass is 9.93. The highest BCUT2D eigenvalue weighted by molar-refractivity contribution is 5.99. The van der Waals surface area contributed by atoms with Gasteiger partial charge < -0.3 is 5.11 Å². The standard InChI is InChI=1S/C22H17NO/c1-15-21(16-7-3-2-4-8-16)19-9-5-6-10-20(19)23-22(15)17-11-13-18(24)14-12-17/h2-14,24H,1H3. The lowest BCUT2D eigenvalue weighted by molar-refractivity contribution is 0.475. The fourth-order valence-electron chi connectivity index (χ4n) is 3.18. The monoisotopic (exact) mass is 311 g/mol. The van der Waals surface area contributed by atoms with Crippen molar-refractivity contribution in [1.82, 2.24) is 4.98 Å². The highest BCUT2D eigenvalue weighted by Crippen LogP contribution is 2.36. The summed E-state index contributed by atoms with van der Waals surface area (Å²) in [7, 11) is 0. The average Bonchev–Trinajstić information content (AvgIpc) is 2.63. The molecule has 0 spiro atoms. The van der Waals surface area contributed by atoms with Gasteiger partial charge in [0.25, 0.3) is 0 Å². The molecule has 1 aromatic heterocycles. The van der Waals surface area contributed by atoms with Gasteiger partial charge in [0.2, 0.25) is 0 Å². The Bertz CT molecular complexity index is 1010. The summed E-state index contributed by atoms with van der Waals surface area (Å²) in [5, 5.41) is 10.7. The van der Waals surface area contributed by atoms with Crippen molar-refractivity contribution in [3.63, 3.8) is 0 Å². The molecule has 0 aliphatic rings. The Morgan fingerprint density at radius 3 is 2.12 bits per heavy atom. The van der Waals surface area contributed by atoms with Crippen LogP contribution < -0.4 is 0 Å². The smallest absolute Gasteiger partial charge is 0.115 e. The minimum atomic E-state index is 0.264. The number of hydrogen-bond acceptors (Lipinski definition) is 2. The van der Waals surface area contributed by atoms with Crippen molar-refractivity contribution in [2.45, 2.75) is 6.92 Å². The number of phenolic OH excluding ortho intramolecular Hbond substituents is 1. The van der Waals surface area contributed by atoms with Gasteiger partial charge in [-0.2, -0.15) is 0 Å². The summed E-state index contributed by atoms with van der Waals surface area (Å²) in [6, 6.07) is 25.9. The molecule has 0 unspecified atom stereocenters. The fraction of sp³-hybridized carbons (Fsp3) is 0.0455. The zero-order chi connectivity index (χ0) is 16.5. The second kappa shape index (κ2) is 5.82. The average molecular weight is 311 g/mol. The first-order chi connectivity index (χ1) is 11.7. The predicted octanol–water partition coefficient (Wildman–Crippen LogP) is 5.58. The predicted molar refractivity (Wildman–Crippen MR) is 99.0 cm³/mol. The molecule has 24 heavy (non-hydrogen) atoms. The number of fused-ring (bicyclic) bond motifs is 1. The van der Waals surface area contributed by atoms with Crippen LogP contribution in [0.2, 0.25) is 0 Å². The van der Waals surface area contributed by atoms with Crippen LogP contribution in [0.5, 0.6) is 5.75 Å². The minimum Gasteiger partial charge on any atom is -0.508 e. The first-order valence-corrected chi connectivity index (χ1v) is 7.98. The molecule has 0 radical (unpaired) electrons. The Hall–Kier alpha value is -3.13. The van der Waals surface area contributed by atoms with E-state index in [-0.39, 0.29) is 5.75 Å². The van der Waals surface area contributed by atoms with Crippen LogP contribution in [0, 0.1) is 6.92 Å². The van der Waals surface area contributed by atoms with Crippen molar-refractivity contribution in [2.24, 2.45) is 0 Å². The highest BCUT2D eigenvalue weighted by Gasteiger charge is 2.14. The normalized spacial score (nSPS) is 10.9. The van der Waals surface area contributed by atoms with Gasteiger partial charge in [0.15, 0.2) is 0 Å². The number of pyridine rings is 1. The zero-order valence-corrected chi connectivity index (χ0v) is 13.4. The van der Waals surface area contributed by atoms with E-state index in [4.69, 9.17) is 4.98 Å². The maximum Gasteiger partial charge on any atom is 0.115 e. The summed E-state index contributed by atoms with van der Waals surface area (Å²) < 4.78 is 0. The van der Waals surface area contributed by atoms with Gasteiger partial charge in [-0.15, -0.1) is 0 Å². The van der Waals surface area contributed by atoms with Crippen LogP contribution in [0.4, 0.5) is 0 Å². The highest BCUT2D eigenvalue weighted by atomic mass is 16.3. The van der Waals surface area contributed by atoms with Crippen LogP contribution in [0.15, 0.2) is 78.9 Å². The zero-order valence-electron chi connectivity index (χ0n) is 13.4. The number of hydrogen-bond donors (Lipinski definition) is 1. The van der Waals surface area contributed by atoms with Gasteiger partial charge in [-0.25, -0.2) is 4.98 Å². The van der Waals surface area contributed by atoms with Crippen molar-refractivity contribution < 1.29 is 5.11 Å². The lowest BCUT2D eigenvalue weighted by Crippen LogP contribution is -1.95. The number of nitrogens with zero attached hydrogens (tertiary/aromatic N) is 1. The Balaban J connectivity index is 2.06. The van der Waals surface area contributed by atoms with E-state index in [1.807, 2.05) is 30.3 Å². The van der Waals surface area contributed by atoms with E-state index < -0.39 is 0 Å². The third-order valence-corrected chi connectivity index (χ3v) is 4.34. The molecule has 3 aromatic carbocycles. The SMILES string of the molecule is Cc1c(-c2ccc(O)cc2)nc2ccccc2c1-c1ccccc1. The Kier molecular flexibility index (Phi) is 3.51. The first kappa shape index (κ1) is 14.5. The molecule has 2 heteroatoms. The minimum absolute atomic E-state index is 0.264. The first-order valence-electron chi connectivity index (χ1n) is 7.98. The number of aromatic hydroxyl groups is 1. The molecule has 4 rings (SSSR count). The van der Waals surface area contributed by atoms with E-state index in [0.29, 0.717) is 0 Å². The molecular weight excluding hydrogens is 294 g/mol. The maximum atomic E-state index is 9.56. The van der Waals surface area contributed by atoms with E-state index in [2.05, 4.69) is 43.3 Å². The van der Waals surface area contributed by atoms with Gasteiger partial charge in [-0.1, -0.05) is 48.5 Å². The van der Waals surface area contributed by atoms with E-state index in [0.717, 1.165) is 27.7 Å². The quantitative estimate of drug-likeness (QED) is 0.524. The van der Waals surface area contributed by atoms with E-state index in [1.165, 1.54) is 11.1 Å². The number of aromatic nitrogens is 1. The molecule has 116 valence electrons. The summed E-state index contributed by atoms with van der Waals surface area (Å²) in [6.07, 6.45) is 0. The second-order valence-electron chi connectivity index (χ2n) is 5.89. The molecule has 2 nitrogen and oxygen atoms in total. The fourth-order valence-corrected chi connectivity index (χ4v) is 3.18. The van der Waals surface area contributed by atoms with Gasteiger partial charge in [0.1, 0.15) is 5.75 Å². The Labute approximate surface area is 141 Å². The summed E-state index contributed by atoms with van der Waals surface area (Å²) in [4.78, 5) is 4.88. The molecule has 1 N–H and O–H groups in total. The molecule has 0 aliphatic carbocycles. The van der Waals surface area contributed by atoms with Crippen molar-refractivity contribution in [3.8, 4) is 28.1 Å². The van der Waals surface area contributed by atoms with Crippen molar-refractivity contribution >= 4 is 10.9 Å². The van der Waals surface area contributed by atoms with Gasteiger partial charge in [0.05, 0.1) is 11.2 Å². The number of benzene rings is 3. The third-order valence-electron chi connectivity index (χ3n) is 4.34. The number of rotatable bonds is 2. The molecule has 0 aliphatic heterocycles.